The zero-order valence-corrected chi connectivity index (χ0v) is 15.9. The molecule has 1 saturated heterocycles. The van der Waals surface area contributed by atoms with Crippen LogP contribution in [0, 0.1) is 5.92 Å². The van der Waals surface area contributed by atoms with E-state index in [1.54, 1.807) is 10.9 Å². The molecule has 6 heteroatoms. The first-order valence-corrected chi connectivity index (χ1v) is 9.36. The van der Waals surface area contributed by atoms with Crippen LogP contribution < -0.4 is 5.32 Å². The molecule has 1 atom stereocenters. The molecule has 0 bridgehead atoms. The Hall–Kier alpha value is -2.18. The van der Waals surface area contributed by atoms with E-state index in [0.29, 0.717) is 24.1 Å². The summed E-state index contributed by atoms with van der Waals surface area (Å²) in [4.78, 5) is 17.7. The molecule has 0 saturated carbocycles. The van der Waals surface area contributed by atoms with Gasteiger partial charge in [-0.25, -0.2) is 4.68 Å². The fraction of sp³-hybridized carbons (Fsp3) is 0.500. The molecule has 1 amide bonds. The summed E-state index contributed by atoms with van der Waals surface area (Å²) in [7, 11) is 2.16. The Bertz CT molecular complexity index is 705. The van der Waals surface area contributed by atoms with Crippen LogP contribution in [0.4, 0.5) is 0 Å². The number of para-hydroxylation sites is 1. The van der Waals surface area contributed by atoms with E-state index in [0.717, 1.165) is 31.9 Å². The largest absolute Gasteiger partial charge is 0.350 e. The third-order valence-corrected chi connectivity index (χ3v) is 5.15. The van der Waals surface area contributed by atoms with Crippen molar-refractivity contribution in [2.75, 3.05) is 39.8 Å². The fourth-order valence-electron chi connectivity index (χ4n) is 3.51. The van der Waals surface area contributed by atoms with Crippen molar-refractivity contribution in [3.63, 3.8) is 0 Å². The Kier molecular flexibility index (Phi) is 6.06. The third kappa shape index (κ3) is 4.31. The molecule has 1 N–H and O–H groups in total. The van der Waals surface area contributed by atoms with Crippen molar-refractivity contribution in [2.24, 2.45) is 5.92 Å². The number of nitrogens with one attached hydrogen (secondary N) is 1. The second-order valence-electron chi connectivity index (χ2n) is 7.33. The molecule has 140 valence electrons. The standard InChI is InChI=1S/C20H29N5O/c1-16(2)19(24-13-11-23(3)12-14-24)15-21-20(26)17-7-4-5-8-18(17)25-10-6-9-22-25/h4-10,16,19H,11-15H2,1-3H3,(H,21,26). The van der Waals surface area contributed by atoms with Crippen LogP contribution in [-0.4, -0.2) is 71.3 Å². The molecule has 0 aliphatic carbocycles. The van der Waals surface area contributed by atoms with Crippen molar-refractivity contribution in [2.45, 2.75) is 19.9 Å². The molecular weight excluding hydrogens is 326 g/mol. The smallest absolute Gasteiger partial charge is 0.253 e. The van der Waals surface area contributed by atoms with Gasteiger partial charge in [0.15, 0.2) is 0 Å². The SMILES string of the molecule is CC(C)C(CNC(=O)c1ccccc1-n1cccn1)N1CCN(C)CC1. The summed E-state index contributed by atoms with van der Waals surface area (Å²) in [5.74, 6) is 0.441. The van der Waals surface area contributed by atoms with E-state index in [2.05, 4.69) is 41.1 Å². The fourth-order valence-corrected chi connectivity index (χ4v) is 3.51. The molecule has 1 aliphatic heterocycles. The number of nitrogens with zero attached hydrogens (tertiary/aromatic N) is 4. The highest BCUT2D eigenvalue weighted by molar-refractivity contribution is 5.97. The van der Waals surface area contributed by atoms with E-state index in [4.69, 9.17) is 0 Å². The highest BCUT2D eigenvalue weighted by Gasteiger charge is 2.25. The number of carbonyl (C=O) groups is 1. The number of aromatic nitrogens is 2. The molecule has 1 aromatic carbocycles. The van der Waals surface area contributed by atoms with Crippen LogP contribution >= 0.6 is 0 Å². The van der Waals surface area contributed by atoms with Gasteiger partial charge in [0.25, 0.3) is 5.91 Å². The number of amides is 1. The minimum absolute atomic E-state index is 0.0455. The molecule has 26 heavy (non-hydrogen) atoms. The molecule has 0 spiro atoms. The van der Waals surface area contributed by atoms with Gasteiger partial charge in [0.1, 0.15) is 0 Å². The van der Waals surface area contributed by atoms with Gasteiger partial charge in [-0.15, -0.1) is 0 Å². The topological polar surface area (TPSA) is 53.4 Å². The Morgan fingerprint density at radius 1 is 1.15 bits per heavy atom. The third-order valence-electron chi connectivity index (χ3n) is 5.15. The summed E-state index contributed by atoms with van der Waals surface area (Å²) < 4.78 is 1.73. The second kappa shape index (κ2) is 8.47. The van der Waals surface area contributed by atoms with Gasteiger partial charge >= 0.3 is 0 Å². The molecule has 0 radical (unpaired) electrons. The molecule has 1 unspecified atom stereocenters. The molecule has 2 heterocycles. The van der Waals surface area contributed by atoms with E-state index in [-0.39, 0.29) is 5.91 Å². The molecule has 6 nitrogen and oxygen atoms in total. The van der Waals surface area contributed by atoms with Crippen LogP contribution in [0.25, 0.3) is 5.69 Å². The van der Waals surface area contributed by atoms with Crippen LogP contribution in [0.5, 0.6) is 0 Å². The van der Waals surface area contributed by atoms with Crippen molar-refractivity contribution in [3.8, 4) is 5.69 Å². The Balaban J connectivity index is 1.68. The predicted molar refractivity (Wildman–Crippen MR) is 104 cm³/mol. The number of carbonyl (C=O) groups excluding carboxylic acids is 1. The molecule has 3 rings (SSSR count). The lowest BCUT2D eigenvalue weighted by molar-refractivity contribution is 0.0791. The maximum Gasteiger partial charge on any atom is 0.253 e. The van der Waals surface area contributed by atoms with E-state index in [1.807, 2.05) is 36.5 Å². The number of hydrogen-bond donors (Lipinski definition) is 1. The summed E-state index contributed by atoms with van der Waals surface area (Å²) >= 11 is 0. The van der Waals surface area contributed by atoms with Crippen LogP contribution in [0.1, 0.15) is 24.2 Å². The average molecular weight is 355 g/mol. The highest BCUT2D eigenvalue weighted by Crippen LogP contribution is 2.15. The first-order chi connectivity index (χ1) is 12.6. The molecule has 1 aromatic heterocycles. The van der Waals surface area contributed by atoms with Gasteiger partial charge < -0.3 is 10.2 Å². The van der Waals surface area contributed by atoms with Crippen molar-refractivity contribution < 1.29 is 4.79 Å². The van der Waals surface area contributed by atoms with Crippen molar-refractivity contribution in [1.82, 2.24) is 24.9 Å². The molecule has 2 aromatic rings. The Labute approximate surface area is 155 Å². The lowest BCUT2D eigenvalue weighted by Crippen LogP contribution is -2.54. The van der Waals surface area contributed by atoms with Crippen LogP contribution in [-0.2, 0) is 0 Å². The second-order valence-corrected chi connectivity index (χ2v) is 7.33. The lowest BCUT2D eigenvalue weighted by atomic mass is 10.0. The van der Waals surface area contributed by atoms with E-state index in [9.17, 15) is 4.79 Å². The molecule has 1 fully saturated rings. The summed E-state index contributed by atoms with van der Waals surface area (Å²) in [5, 5.41) is 7.41. The Morgan fingerprint density at radius 3 is 2.54 bits per heavy atom. The maximum atomic E-state index is 12.8. The first-order valence-electron chi connectivity index (χ1n) is 9.36. The van der Waals surface area contributed by atoms with Gasteiger partial charge in [-0.1, -0.05) is 26.0 Å². The number of piperazine rings is 1. The maximum absolute atomic E-state index is 12.8. The average Bonchev–Trinajstić information content (AvgIpc) is 3.17. The van der Waals surface area contributed by atoms with Crippen molar-refractivity contribution >= 4 is 5.91 Å². The van der Waals surface area contributed by atoms with Crippen LogP contribution in [0.15, 0.2) is 42.7 Å². The van der Waals surface area contributed by atoms with Gasteiger partial charge in [0.2, 0.25) is 0 Å². The van der Waals surface area contributed by atoms with Crippen molar-refractivity contribution in [1.29, 1.82) is 0 Å². The van der Waals surface area contributed by atoms with Gasteiger partial charge in [0, 0.05) is 51.2 Å². The zero-order chi connectivity index (χ0) is 18.5. The predicted octanol–water partition coefficient (Wildman–Crippen LogP) is 1.87. The van der Waals surface area contributed by atoms with E-state index >= 15 is 0 Å². The normalized spacial score (nSPS) is 17.4. The monoisotopic (exact) mass is 355 g/mol. The first kappa shape index (κ1) is 18.6. The quantitative estimate of drug-likeness (QED) is 0.860. The van der Waals surface area contributed by atoms with Gasteiger partial charge in [-0.3, -0.25) is 9.69 Å². The van der Waals surface area contributed by atoms with Crippen LogP contribution in [0.2, 0.25) is 0 Å². The molecular formula is C20H29N5O. The van der Waals surface area contributed by atoms with E-state index in [1.165, 1.54) is 0 Å². The number of rotatable bonds is 6. The van der Waals surface area contributed by atoms with E-state index < -0.39 is 0 Å². The number of benzene rings is 1. The lowest BCUT2D eigenvalue weighted by Gasteiger charge is -2.40. The van der Waals surface area contributed by atoms with Gasteiger partial charge in [-0.05, 0) is 31.2 Å². The number of hydrogen-bond acceptors (Lipinski definition) is 4. The highest BCUT2D eigenvalue weighted by atomic mass is 16.1. The Morgan fingerprint density at radius 2 is 1.88 bits per heavy atom. The summed E-state index contributed by atoms with van der Waals surface area (Å²) in [5.41, 5.74) is 1.45. The summed E-state index contributed by atoms with van der Waals surface area (Å²) in [6.45, 7) is 9.39. The summed E-state index contributed by atoms with van der Waals surface area (Å²) in [6.07, 6.45) is 3.57. The van der Waals surface area contributed by atoms with Crippen molar-refractivity contribution in [3.05, 3.63) is 48.3 Å². The minimum atomic E-state index is -0.0455. The van der Waals surface area contributed by atoms with Gasteiger partial charge in [-0.2, -0.15) is 5.10 Å². The van der Waals surface area contributed by atoms with Crippen LogP contribution in [0.3, 0.4) is 0 Å². The zero-order valence-electron chi connectivity index (χ0n) is 15.9. The number of likely N-dealkylation sites (N-methyl/N-ethyl adjacent to an activating group) is 1. The summed E-state index contributed by atoms with van der Waals surface area (Å²) in [6, 6.07) is 9.80. The minimum Gasteiger partial charge on any atom is -0.350 e. The van der Waals surface area contributed by atoms with Gasteiger partial charge in [0.05, 0.1) is 11.3 Å². The molecule has 1 aliphatic rings.